The number of fused-ring (bicyclic) bond motifs is 1. The Morgan fingerprint density at radius 3 is 2.92 bits per heavy atom. The molecule has 1 nitrogen and oxygen atoms in total. The minimum absolute atomic E-state index is 0.147. The Hall–Kier alpha value is -1.18. The molecule has 0 aliphatic heterocycles. The topological polar surface area (TPSA) is 17.1 Å². The van der Waals surface area contributed by atoms with Crippen LogP contribution in [0.15, 0.2) is 18.2 Å². The van der Waals surface area contributed by atoms with Gasteiger partial charge in [0.15, 0.2) is 5.78 Å². The number of carbonyl (C=O) groups excluding carboxylic acids is 1. The van der Waals surface area contributed by atoms with Crippen LogP contribution in [0.1, 0.15) is 29.3 Å². The molecule has 0 heterocycles. The average molecular weight is 178 g/mol. The molecule has 68 valence electrons. The van der Waals surface area contributed by atoms with Crippen LogP contribution in [0, 0.1) is 11.7 Å². The number of ketones is 1. The number of rotatable bonds is 0. The molecule has 0 unspecified atom stereocenters. The highest BCUT2D eigenvalue weighted by atomic mass is 19.1. The maximum Gasteiger partial charge on any atom is 0.163 e. The lowest BCUT2D eigenvalue weighted by Crippen LogP contribution is -2.17. The monoisotopic (exact) mass is 178 g/mol. The van der Waals surface area contributed by atoms with Gasteiger partial charge in [0.1, 0.15) is 5.82 Å². The number of halogens is 1. The predicted octanol–water partition coefficient (Wildman–Crippen LogP) is 2.59. The van der Waals surface area contributed by atoms with E-state index < -0.39 is 0 Å². The van der Waals surface area contributed by atoms with Crippen LogP contribution >= 0.6 is 0 Å². The van der Waals surface area contributed by atoms with Gasteiger partial charge >= 0.3 is 0 Å². The minimum Gasteiger partial charge on any atom is -0.294 e. The van der Waals surface area contributed by atoms with Crippen molar-refractivity contribution in [3.63, 3.8) is 0 Å². The third kappa shape index (κ3) is 1.48. The van der Waals surface area contributed by atoms with Gasteiger partial charge in [0.05, 0.1) is 0 Å². The van der Waals surface area contributed by atoms with Crippen LogP contribution in [0.25, 0.3) is 0 Å². The summed E-state index contributed by atoms with van der Waals surface area (Å²) in [5.41, 5.74) is 1.57. The summed E-state index contributed by atoms with van der Waals surface area (Å²) in [6, 6.07) is 4.43. The molecule has 1 aromatic carbocycles. The predicted molar refractivity (Wildman–Crippen MR) is 48.2 cm³/mol. The summed E-state index contributed by atoms with van der Waals surface area (Å²) >= 11 is 0. The lowest BCUT2D eigenvalue weighted by Gasteiger charge is -2.19. The Labute approximate surface area is 76.6 Å². The summed E-state index contributed by atoms with van der Waals surface area (Å²) in [4.78, 5) is 11.5. The molecule has 1 aliphatic carbocycles. The van der Waals surface area contributed by atoms with Gasteiger partial charge in [0.2, 0.25) is 0 Å². The molecular weight excluding hydrogens is 167 g/mol. The van der Waals surface area contributed by atoms with Crippen molar-refractivity contribution < 1.29 is 9.18 Å². The summed E-state index contributed by atoms with van der Waals surface area (Å²) in [7, 11) is 0. The van der Waals surface area contributed by atoms with E-state index in [9.17, 15) is 9.18 Å². The van der Waals surface area contributed by atoms with Crippen LogP contribution in [-0.2, 0) is 6.42 Å². The summed E-state index contributed by atoms with van der Waals surface area (Å²) < 4.78 is 12.8. The highest BCUT2D eigenvalue weighted by Crippen LogP contribution is 2.25. The van der Waals surface area contributed by atoms with Gasteiger partial charge in [-0.3, -0.25) is 4.79 Å². The van der Waals surface area contributed by atoms with Crippen LogP contribution in [0.2, 0.25) is 0 Å². The van der Waals surface area contributed by atoms with Crippen molar-refractivity contribution in [1.82, 2.24) is 0 Å². The molecule has 0 bridgehead atoms. The van der Waals surface area contributed by atoms with Gasteiger partial charge in [0, 0.05) is 12.0 Å². The van der Waals surface area contributed by atoms with Crippen LogP contribution in [0.5, 0.6) is 0 Å². The van der Waals surface area contributed by atoms with Crippen LogP contribution in [-0.4, -0.2) is 5.78 Å². The zero-order valence-electron chi connectivity index (χ0n) is 7.51. The Kier molecular flexibility index (Phi) is 1.91. The third-order valence-electron chi connectivity index (χ3n) is 2.47. The van der Waals surface area contributed by atoms with Crippen molar-refractivity contribution in [2.24, 2.45) is 5.92 Å². The first-order valence-corrected chi connectivity index (χ1v) is 4.48. The van der Waals surface area contributed by atoms with Gasteiger partial charge < -0.3 is 0 Å². The Balaban J connectivity index is 2.49. The van der Waals surface area contributed by atoms with E-state index in [1.807, 2.05) is 6.92 Å². The fraction of sp³-hybridized carbons (Fsp3) is 0.364. The van der Waals surface area contributed by atoms with Crippen LogP contribution in [0.4, 0.5) is 4.39 Å². The fourth-order valence-electron chi connectivity index (χ4n) is 1.88. The van der Waals surface area contributed by atoms with E-state index in [1.54, 1.807) is 6.07 Å². The molecule has 0 saturated heterocycles. The molecule has 0 saturated carbocycles. The standard InChI is InChI=1S/C11H11FO/c1-7-4-8-6-9(12)2-3-10(8)11(13)5-7/h2-3,6-7H,4-5H2,1H3/t7-/m0/s1. The summed E-state index contributed by atoms with van der Waals surface area (Å²) in [6.07, 6.45) is 1.41. The first-order valence-electron chi connectivity index (χ1n) is 4.48. The van der Waals surface area contributed by atoms with Crippen molar-refractivity contribution in [3.8, 4) is 0 Å². The van der Waals surface area contributed by atoms with Gasteiger partial charge in [-0.15, -0.1) is 0 Å². The number of carbonyl (C=O) groups is 1. The van der Waals surface area contributed by atoms with Crippen LogP contribution in [0.3, 0.4) is 0 Å². The lowest BCUT2D eigenvalue weighted by atomic mass is 9.84. The van der Waals surface area contributed by atoms with Gasteiger partial charge in [-0.2, -0.15) is 0 Å². The Morgan fingerprint density at radius 2 is 2.15 bits per heavy atom. The summed E-state index contributed by atoms with van der Waals surface area (Å²) in [5, 5.41) is 0. The number of hydrogen-bond donors (Lipinski definition) is 0. The smallest absolute Gasteiger partial charge is 0.163 e. The molecule has 0 amide bonds. The van der Waals surface area contributed by atoms with Gasteiger partial charge in [-0.05, 0) is 36.1 Å². The molecule has 13 heavy (non-hydrogen) atoms. The zero-order valence-corrected chi connectivity index (χ0v) is 7.51. The summed E-state index contributed by atoms with van der Waals surface area (Å²) in [6.45, 7) is 2.02. The SMILES string of the molecule is C[C@@H]1CC(=O)c2ccc(F)cc2C1. The maximum atomic E-state index is 12.8. The second-order valence-electron chi connectivity index (χ2n) is 3.74. The van der Waals surface area contributed by atoms with E-state index in [-0.39, 0.29) is 11.6 Å². The highest BCUT2D eigenvalue weighted by molar-refractivity contribution is 5.98. The minimum atomic E-state index is -0.249. The second-order valence-corrected chi connectivity index (χ2v) is 3.74. The van der Waals surface area contributed by atoms with E-state index in [1.165, 1.54) is 12.1 Å². The largest absolute Gasteiger partial charge is 0.294 e. The van der Waals surface area contributed by atoms with E-state index in [4.69, 9.17) is 0 Å². The maximum absolute atomic E-state index is 12.8. The lowest BCUT2D eigenvalue weighted by molar-refractivity contribution is 0.0953. The first-order chi connectivity index (χ1) is 6.16. The normalized spacial score (nSPS) is 21.4. The molecule has 0 radical (unpaired) electrons. The molecule has 1 atom stereocenters. The first kappa shape index (κ1) is 8.42. The molecular formula is C11H11FO. The number of Topliss-reactive ketones (excluding diaryl/α,β-unsaturated/α-hetero) is 1. The average Bonchev–Trinajstić information content (AvgIpc) is 2.02. The Bertz CT molecular complexity index is 357. The van der Waals surface area contributed by atoms with Gasteiger partial charge in [-0.25, -0.2) is 4.39 Å². The van der Waals surface area contributed by atoms with Crippen molar-refractivity contribution in [3.05, 3.63) is 35.1 Å². The quantitative estimate of drug-likeness (QED) is 0.596. The van der Waals surface area contributed by atoms with Gasteiger partial charge in [0.25, 0.3) is 0 Å². The molecule has 1 aliphatic rings. The molecule has 0 aromatic heterocycles. The van der Waals surface area contributed by atoms with E-state index in [0.29, 0.717) is 17.9 Å². The fourth-order valence-corrected chi connectivity index (χ4v) is 1.88. The molecule has 2 rings (SSSR count). The van der Waals surface area contributed by atoms with E-state index in [0.717, 1.165) is 12.0 Å². The third-order valence-corrected chi connectivity index (χ3v) is 2.47. The molecule has 0 spiro atoms. The van der Waals surface area contributed by atoms with Gasteiger partial charge in [-0.1, -0.05) is 6.92 Å². The highest BCUT2D eigenvalue weighted by Gasteiger charge is 2.21. The zero-order chi connectivity index (χ0) is 9.42. The van der Waals surface area contributed by atoms with Crippen molar-refractivity contribution in [2.75, 3.05) is 0 Å². The summed E-state index contributed by atoms with van der Waals surface area (Å²) in [5.74, 6) is 0.246. The molecule has 0 fully saturated rings. The van der Waals surface area contributed by atoms with E-state index >= 15 is 0 Å². The second kappa shape index (κ2) is 2.95. The molecule has 0 N–H and O–H groups in total. The van der Waals surface area contributed by atoms with Crippen molar-refractivity contribution in [1.29, 1.82) is 0 Å². The van der Waals surface area contributed by atoms with E-state index in [2.05, 4.69) is 0 Å². The molecule has 2 heteroatoms. The molecule has 1 aromatic rings. The number of benzene rings is 1. The van der Waals surface area contributed by atoms with Crippen LogP contribution < -0.4 is 0 Å². The van der Waals surface area contributed by atoms with Crippen molar-refractivity contribution in [2.45, 2.75) is 19.8 Å². The number of hydrogen-bond acceptors (Lipinski definition) is 1. The Morgan fingerprint density at radius 1 is 1.38 bits per heavy atom. The van der Waals surface area contributed by atoms with Crippen molar-refractivity contribution >= 4 is 5.78 Å².